The van der Waals surface area contributed by atoms with E-state index in [0.717, 1.165) is 37.7 Å². The Morgan fingerprint density at radius 3 is 2.57 bits per heavy atom. The van der Waals surface area contributed by atoms with Crippen LogP contribution in [-0.2, 0) is 16.0 Å². The Morgan fingerprint density at radius 2 is 1.91 bits per heavy atom. The van der Waals surface area contributed by atoms with Gasteiger partial charge in [0.05, 0.1) is 31.5 Å². The summed E-state index contributed by atoms with van der Waals surface area (Å²) in [6.45, 7) is 3.13. The van der Waals surface area contributed by atoms with Gasteiger partial charge >= 0.3 is 0 Å². The molecule has 0 atom stereocenters. The Hall–Kier alpha value is -2.11. The third-order valence-corrected chi connectivity index (χ3v) is 3.90. The highest BCUT2D eigenvalue weighted by Gasteiger charge is 2.12. The molecule has 1 aromatic heterocycles. The fraction of sp³-hybridized carbons (Fsp3) is 0.294. The number of morpholine rings is 1. The monoisotopic (exact) mass is 331 g/mol. The first kappa shape index (κ1) is 15.8. The molecule has 0 saturated carbocycles. The second-order valence-electron chi connectivity index (χ2n) is 5.36. The average Bonchev–Trinajstić information content (AvgIpc) is 2.58. The van der Waals surface area contributed by atoms with Crippen molar-refractivity contribution < 1.29 is 9.53 Å². The minimum Gasteiger partial charge on any atom is -0.378 e. The van der Waals surface area contributed by atoms with Crippen molar-refractivity contribution in [3.05, 3.63) is 53.2 Å². The number of halogens is 1. The highest BCUT2D eigenvalue weighted by molar-refractivity contribution is 6.30. The van der Waals surface area contributed by atoms with E-state index in [1.165, 1.54) is 0 Å². The minimum atomic E-state index is -0.0757. The number of aromatic nitrogens is 1. The van der Waals surface area contributed by atoms with Crippen molar-refractivity contribution in [3.63, 3.8) is 0 Å². The molecule has 1 amide bonds. The Morgan fingerprint density at radius 1 is 1.17 bits per heavy atom. The van der Waals surface area contributed by atoms with E-state index in [-0.39, 0.29) is 5.91 Å². The SMILES string of the molecule is O=C(Cc1ccc(Cl)cc1)Nc1ccc(N2CCOCC2)nc1. The van der Waals surface area contributed by atoms with Gasteiger partial charge in [0.2, 0.25) is 5.91 Å². The zero-order valence-corrected chi connectivity index (χ0v) is 13.4. The van der Waals surface area contributed by atoms with E-state index in [2.05, 4.69) is 15.2 Å². The Labute approximate surface area is 140 Å². The number of rotatable bonds is 4. The second-order valence-corrected chi connectivity index (χ2v) is 5.79. The number of benzene rings is 1. The molecule has 1 aliphatic rings. The van der Waals surface area contributed by atoms with Crippen LogP contribution >= 0.6 is 11.6 Å². The molecule has 1 N–H and O–H groups in total. The summed E-state index contributed by atoms with van der Waals surface area (Å²) in [6, 6.07) is 11.1. The molecule has 2 aromatic rings. The van der Waals surface area contributed by atoms with Gasteiger partial charge in [-0.1, -0.05) is 23.7 Å². The first-order valence-corrected chi connectivity index (χ1v) is 7.91. The highest BCUT2D eigenvalue weighted by atomic mass is 35.5. The lowest BCUT2D eigenvalue weighted by Gasteiger charge is -2.27. The van der Waals surface area contributed by atoms with Crippen LogP contribution in [0.25, 0.3) is 0 Å². The number of ether oxygens (including phenoxy) is 1. The molecule has 1 aliphatic heterocycles. The number of pyridine rings is 1. The maximum atomic E-state index is 12.1. The summed E-state index contributed by atoms with van der Waals surface area (Å²) >= 11 is 5.84. The summed E-state index contributed by atoms with van der Waals surface area (Å²) < 4.78 is 5.33. The Balaban J connectivity index is 1.57. The van der Waals surface area contributed by atoms with Gasteiger partial charge in [-0.2, -0.15) is 0 Å². The molecule has 0 bridgehead atoms. The molecule has 0 radical (unpaired) electrons. The lowest BCUT2D eigenvalue weighted by molar-refractivity contribution is -0.115. The first-order valence-electron chi connectivity index (χ1n) is 7.54. The fourth-order valence-electron chi connectivity index (χ4n) is 2.43. The number of amides is 1. The maximum Gasteiger partial charge on any atom is 0.228 e. The molecule has 1 saturated heterocycles. The third-order valence-electron chi connectivity index (χ3n) is 3.64. The van der Waals surface area contributed by atoms with Gasteiger partial charge in [0.25, 0.3) is 0 Å². The third kappa shape index (κ3) is 4.43. The fourth-order valence-corrected chi connectivity index (χ4v) is 2.56. The minimum absolute atomic E-state index is 0.0757. The van der Waals surface area contributed by atoms with Crippen molar-refractivity contribution in [2.75, 3.05) is 36.5 Å². The van der Waals surface area contributed by atoms with E-state index < -0.39 is 0 Å². The van der Waals surface area contributed by atoms with Crippen LogP contribution in [0.2, 0.25) is 5.02 Å². The molecule has 0 aliphatic carbocycles. The molecule has 23 heavy (non-hydrogen) atoms. The van der Waals surface area contributed by atoms with Crippen LogP contribution in [0.5, 0.6) is 0 Å². The zero-order valence-electron chi connectivity index (χ0n) is 12.7. The van der Waals surface area contributed by atoms with E-state index in [1.54, 1.807) is 18.3 Å². The normalized spacial score (nSPS) is 14.6. The van der Waals surface area contributed by atoms with Crippen LogP contribution < -0.4 is 10.2 Å². The summed E-state index contributed by atoms with van der Waals surface area (Å²) in [6.07, 6.45) is 1.99. The summed E-state index contributed by atoms with van der Waals surface area (Å²) in [5, 5.41) is 3.52. The molecular formula is C17H18ClN3O2. The number of anilines is 2. The van der Waals surface area contributed by atoms with E-state index in [4.69, 9.17) is 16.3 Å². The largest absolute Gasteiger partial charge is 0.378 e. The van der Waals surface area contributed by atoms with Gasteiger partial charge in [0.1, 0.15) is 5.82 Å². The van der Waals surface area contributed by atoms with Crippen LogP contribution in [0, 0.1) is 0 Å². The van der Waals surface area contributed by atoms with Gasteiger partial charge in [-0.15, -0.1) is 0 Å². The first-order chi connectivity index (χ1) is 11.2. The van der Waals surface area contributed by atoms with Gasteiger partial charge < -0.3 is 15.0 Å². The standard InChI is InChI=1S/C17H18ClN3O2/c18-14-3-1-13(2-4-14)11-17(22)20-15-5-6-16(19-12-15)21-7-9-23-10-8-21/h1-6,12H,7-11H2,(H,20,22). The summed E-state index contributed by atoms with van der Waals surface area (Å²) in [4.78, 5) is 18.6. The van der Waals surface area contributed by atoms with Crippen molar-refractivity contribution in [2.24, 2.45) is 0 Å². The van der Waals surface area contributed by atoms with Crippen LogP contribution in [-0.4, -0.2) is 37.2 Å². The van der Waals surface area contributed by atoms with Gasteiger partial charge in [0.15, 0.2) is 0 Å². The number of nitrogens with zero attached hydrogens (tertiary/aromatic N) is 2. The second kappa shape index (κ2) is 7.44. The van der Waals surface area contributed by atoms with E-state index in [9.17, 15) is 4.79 Å². The molecule has 3 rings (SSSR count). The quantitative estimate of drug-likeness (QED) is 0.936. The molecule has 0 unspecified atom stereocenters. The van der Waals surface area contributed by atoms with Crippen LogP contribution in [0.1, 0.15) is 5.56 Å². The van der Waals surface area contributed by atoms with E-state index >= 15 is 0 Å². The number of nitrogens with one attached hydrogen (secondary N) is 1. The lowest BCUT2D eigenvalue weighted by atomic mass is 10.1. The number of hydrogen-bond donors (Lipinski definition) is 1. The van der Waals surface area contributed by atoms with Crippen molar-refractivity contribution in [3.8, 4) is 0 Å². The maximum absolute atomic E-state index is 12.1. The van der Waals surface area contributed by atoms with Crippen molar-refractivity contribution in [1.29, 1.82) is 0 Å². The van der Waals surface area contributed by atoms with Gasteiger partial charge in [-0.05, 0) is 29.8 Å². The zero-order chi connectivity index (χ0) is 16.1. The molecule has 2 heterocycles. The molecule has 0 spiro atoms. The predicted molar refractivity (Wildman–Crippen MR) is 91.1 cm³/mol. The molecule has 120 valence electrons. The van der Waals surface area contributed by atoms with Crippen LogP contribution in [0.3, 0.4) is 0 Å². The molecular weight excluding hydrogens is 314 g/mol. The highest BCUT2D eigenvalue weighted by Crippen LogP contribution is 2.16. The van der Waals surface area contributed by atoms with Crippen molar-refractivity contribution in [2.45, 2.75) is 6.42 Å². The van der Waals surface area contributed by atoms with Gasteiger partial charge in [0, 0.05) is 18.1 Å². The number of carbonyl (C=O) groups is 1. The number of hydrogen-bond acceptors (Lipinski definition) is 4. The lowest BCUT2D eigenvalue weighted by Crippen LogP contribution is -2.36. The van der Waals surface area contributed by atoms with Gasteiger partial charge in [-0.3, -0.25) is 4.79 Å². The predicted octanol–water partition coefficient (Wildman–Crippen LogP) is 2.75. The molecule has 5 nitrogen and oxygen atoms in total. The Bertz CT molecular complexity index is 653. The summed E-state index contributed by atoms with van der Waals surface area (Å²) in [5.74, 6) is 0.831. The van der Waals surface area contributed by atoms with Gasteiger partial charge in [-0.25, -0.2) is 4.98 Å². The van der Waals surface area contributed by atoms with Crippen LogP contribution in [0.15, 0.2) is 42.6 Å². The smallest absolute Gasteiger partial charge is 0.228 e. The van der Waals surface area contributed by atoms with Crippen molar-refractivity contribution in [1.82, 2.24) is 4.98 Å². The average molecular weight is 332 g/mol. The Kier molecular flexibility index (Phi) is 5.10. The summed E-state index contributed by atoms with van der Waals surface area (Å²) in [5.41, 5.74) is 1.62. The molecule has 6 heteroatoms. The summed E-state index contributed by atoms with van der Waals surface area (Å²) in [7, 11) is 0. The van der Waals surface area contributed by atoms with E-state index in [1.807, 2.05) is 24.3 Å². The van der Waals surface area contributed by atoms with Crippen LogP contribution in [0.4, 0.5) is 11.5 Å². The molecule has 1 aromatic carbocycles. The van der Waals surface area contributed by atoms with Crippen molar-refractivity contribution >= 4 is 29.0 Å². The number of carbonyl (C=O) groups excluding carboxylic acids is 1. The topological polar surface area (TPSA) is 54.5 Å². The molecule has 1 fully saturated rings. The van der Waals surface area contributed by atoms with E-state index in [0.29, 0.717) is 17.1 Å².